The number of Topliss-reactive ketones (excluding diaryl/α,β-unsaturated/α-hetero) is 1. The van der Waals surface area contributed by atoms with Gasteiger partial charge in [-0.15, -0.1) is 0 Å². The molecule has 0 amide bonds. The first-order chi connectivity index (χ1) is 5.96. The Hall–Kier alpha value is -1.48. The molecule has 5 nitrogen and oxygen atoms in total. The van der Waals surface area contributed by atoms with E-state index >= 15 is 0 Å². The second-order valence-corrected chi connectivity index (χ2v) is 2.95. The number of esters is 1. The van der Waals surface area contributed by atoms with Crippen LogP contribution in [0.2, 0.25) is 0 Å². The Balaban J connectivity index is 4.64. The maximum atomic E-state index is 11.2. The molecule has 0 fully saturated rings. The number of carbonyl (C=O) groups is 2. The summed E-state index contributed by atoms with van der Waals surface area (Å²) < 4.78 is 4.67. The van der Waals surface area contributed by atoms with E-state index in [4.69, 9.17) is 5.53 Å². The summed E-state index contributed by atoms with van der Waals surface area (Å²) in [6, 6.07) is 0. The quantitative estimate of drug-likeness (QED) is 0.209. The van der Waals surface area contributed by atoms with Crippen LogP contribution in [0.4, 0.5) is 0 Å². The normalized spacial score (nSPS) is 10.1. The molecule has 0 N–H and O–H groups in total. The van der Waals surface area contributed by atoms with Crippen LogP contribution in [0.5, 0.6) is 0 Å². The summed E-state index contributed by atoms with van der Waals surface area (Å²) in [5, 5.41) is 0. The van der Waals surface area contributed by atoms with E-state index in [0.717, 1.165) is 0 Å². The van der Waals surface area contributed by atoms with Crippen LogP contribution in [0, 0.1) is 5.41 Å². The molecule has 0 saturated heterocycles. The number of rotatable bonds is 4. The van der Waals surface area contributed by atoms with Crippen molar-refractivity contribution < 1.29 is 19.1 Å². The standard InChI is InChI=1S/C8H12N2O3/c1-4-13-7(12)8(2,3)6(11)5-10-9/h5H,4H2,1-3H3. The molecule has 0 heterocycles. The lowest BCUT2D eigenvalue weighted by molar-refractivity contribution is -0.156. The lowest BCUT2D eigenvalue weighted by atomic mass is 9.89. The van der Waals surface area contributed by atoms with Gasteiger partial charge in [-0.2, -0.15) is 4.79 Å². The molecule has 0 spiro atoms. The van der Waals surface area contributed by atoms with Crippen LogP contribution < -0.4 is 0 Å². The van der Waals surface area contributed by atoms with E-state index in [1.165, 1.54) is 13.8 Å². The number of nitrogens with zero attached hydrogens (tertiary/aromatic N) is 2. The highest BCUT2D eigenvalue weighted by Crippen LogP contribution is 2.17. The Kier molecular flexibility index (Phi) is 4.01. The lowest BCUT2D eigenvalue weighted by Crippen LogP contribution is -2.36. The van der Waals surface area contributed by atoms with Crippen molar-refractivity contribution in [1.29, 1.82) is 0 Å². The molecular formula is C8H12N2O3. The summed E-state index contributed by atoms with van der Waals surface area (Å²) in [6.45, 7) is 4.69. The van der Waals surface area contributed by atoms with Crippen LogP contribution in [0.1, 0.15) is 20.8 Å². The maximum Gasteiger partial charge on any atom is 0.324 e. The lowest BCUT2D eigenvalue weighted by Gasteiger charge is -2.16. The molecular weight excluding hydrogens is 172 g/mol. The van der Waals surface area contributed by atoms with Gasteiger partial charge in [0.2, 0.25) is 0 Å². The van der Waals surface area contributed by atoms with Crippen LogP contribution in [0.15, 0.2) is 0 Å². The zero-order chi connectivity index (χ0) is 10.5. The molecule has 0 aliphatic carbocycles. The predicted octanol–water partition coefficient (Wildman–Crippen LogP) is 0.445. The van der Waals surface area contributed by atoms with Crippen LogP contribution in [-0.4, -0.2) is 29.4 Å². The van der Waals surface area contributed by atoms with E-state index in [1.54, 1.807) is 6.92 Å². The zero-order valence-corrected chi connectivity index (χ0v) is 7.90. The van der Waals surface area contributed by atoms with E-state index in [1.807, 2.05) is 0 Å². The van der Waals surface area contributed by atoms with Gasteiger partial charge in [-0.3, -0.25) is 9.59 Å². The highest BCUT2D eigenvalue weighted by Gasteiger charge is 2.38. The Morgan fingerprint density at radius 3 is 2.46 bits per heavy atom. The van der Waals surface area contributed by atoms with Gasteiger partial charge in [-0.1, -0.05) is 0 Å². The molecule has 0 aromatic rings. The Morgan fingerprint density at radius 2 is 2.08 bits per heavy atom. The molecule has 13 heavy (non-hydrogen) atoms. The maximum absolute atomic E-state index is 11.2. The Labute approximate surface area is 76.3 Å². The Morgan fingerprint density at radius 1 is 1.54 bits per heavy atom. The molecule has 0 saturated carbocycles. The van der Waals surface area contributed by atoms with Crippen molar-refractivity contribution in [2.75, 3.05) is 6.61 Å². The van der Waals surface area contributed by atoms with Gasteiger partial charge in [0.25, 0.3) is 5.78 Å². The highest BCUT2D eigenvalue weighted by atomic mass is 16.5. The van der Waals surface area contributed by atoms with E-state index in [2.05, 4.69) is 9.53 Å². The molecule has 0 rings (SSSR count). The number of hydrogen-bond donors (Lipinski definition) is 0. The fourth-order valence-electron chi connectivity index (χ4n) is 0.626. The van der Waals surface area contributed by atoms with Crippen LogP contribution in [-0.2, 0) is 14.3 Å². The minimum absolute atomic E-state index is 0.214. The summed E-state index contributed by atoms with van der Waals surface area (Å²) in [5.74, 6) is -1.21. The van der Waals surface area contributed by atoms with Crippen LogP contribution >= 0.6 is 0 Å². The third-order valence-corrected chi connectivity index (χ3v) is 1.58. The van der Waals surface area contributed by atoms with Crippen LogP contribution in [0.3, 0.4) is 0 Å². The smallest absolute Gasteiger partial charge is 0.324 e. The third kappa shape index (κ3) is 2.80. The van der Waals surface area contributed by atoms with Gasteiger partial charge in [0.1, 0.15) is 5.41 Å². The zero-order valence-electron chi connectivity index (χ0n) is 7.90. The second-order valence-electron chi connectivity index (χ2n) is 2.95. The minimum Gasteiger partial charge on any atom is -0.465 e. The molecule has 72 valence electrons. The van der Waals surface area contributed by atoms with Gasteiger partial charge in [-0.05, 0) is 20.8 Å². The van der Waals surface area contributed by atoms with Crippen LogP contribution in [0.25, 0.3) is 5.53 Å². The van der Waals surface area contributed by atoms with Crippen molar-refractivity contribution >= 4 is 18.0 Å². The highest BCUT2D eigenvalue weighted by molar-refractivity contribution is 6.32. The van der Waals surface area contributed by atoms with Gasteiger partial charge in [0, 0.05) is 0 Å². The van der Waals surface area contributed by atoms with Gasteiger partial charge < -0.3 is 10.3 Å². The van der Waals surface area contributed by atoms with E-state index in [0.29, 0.717) is 6.21 Å². The second kappa shape index (κ2) is 4.52. The molecule has 0 aromatic heterocycles. The first-order valence-corrected chi connectivity index (χ1v) is 3.86. The molecule has 0 atom stereocenters. The average molecular weight is 184 g/mol. The first kappa shape index (κ1) is 11.5. The van der Waals surface area contributed by atoms with E-state index in [9.17, 15) is 9.59 Å². The molecule has 0 aromatic carbocycles. The number of carbonyl (C=O) groups excluding carboxylic acids is 2. The summed E-state index contributed by atoms with van der Waals surface area (Å²) in [5.41, 5.74) is 6.82. The summed E-state index contributed by atoms with van der Waals surface area (Å²) >= 11 is 0. The molecule has 0 aliphatic heterocycles. The topological polar surface area (TPSA) is 79.8 Å². The molecule has 0 aliphatic rings. The van der Waals surface area contributed by atoms with Crippen molar-refractivity contribution in [1.82, 2.24) is 0 Å². The van der Waals surface area contributed by atoms with E-state index in [-0.39, 0.29) is 6.61 Å². The van der Waals surface area contributed by atoms with Gasteiger partial charge in [-0.25, -0.2) is 0 Å². The van der Waals surface area contributed by atoms with Gasteiger partial charge in [0.05, 0.1) is 6.61 Å². The molecule has 0 bridgehead atoms. The predicted molar refractivity (Wildman–Crippen MR) is 45.1 cm³/mol. The van der Waals surface area contributed by atoms with Crippen molar-refractivity contribution in [2.24, 2.45) is 5.41 Å². The van der Waals surface area contributed by atoms with E-state index < -0.39 is 17.2 Å². The molecule has 0 unspecified atom stereocenters. The SMILES string of the molecule is CCOC(=O)C(C)(C)C(=O)C=[N+]=[N-]. The number of ether oxygens (including phenoxy) is 1. The van der Waals surface area contributed by atoms with Gasteiger partial charge in [0.15, 0.2) is 0 Å². The summed E-state index contributed by atoms with van der Waals surface area (Å²) in [7, 11) is 0. The third-order valence-electron chi connectivity index (χ3n) is 1.58. The Bertz CT molecular complexity index is 265. The summed E-state index contributed by atoms with van der Waals surface area (Å²) in [4.78, 5) is 24.9. The number of ketones is 1. The van der Waals surface area contributed by atoms with Gasteiger partial charge >= 0.3 is 12.2 Å². The summed E-state index contributed by atoms with van der Waals surface area (Å²) in [6.07, 6.45) is 0.691. The van der Waals surface area contributed by atoms with Crippen molar-refractivity contribution in [3.05, 3.63) is 5.53 Å². The fourth-order valence-corrected chi connectivity index (χ4v) is 0.626. The fraction of sp³-hybridized carbons (Fsp3) is 0.625. The van der Waals surface area contributed by atoms with Crippen molar-refractivity contribution in [3.63, 3.8) is 0 Å². The largest absolute Gasteiger partial charge is 0.465 e. The molecule has 5 heteroatoms. The molecule has 0 radical (unpaired) electrons. The van der Waals surface area contributed by atoms with Crippen molar-refractivity contribution in [3.8, 4) is 0 Å². The van der Waals surface area contributed by atoms with Crippen molar-refractivity contribution in [2.45, 2.75) is 20.8 Å². The number of hydrogen-bond acceptors (Lipinski definition) is 3. The monoisotopic (exact) mass is 184 g/mol. The average Bonchev–Trinajstić information content (AvgIpc) is 2.05. The minimum atomic E-state index is -1.29. The first-order valence-electron chi connectivity index (χ1n) is 3.86.